The lowest BCUT2D eigenvalue weighted by molar-refractivity contribution is -0.120. The van der Waals surface area contributed by atoms with Crippen LogP contribution in [-0.4, -0.2) is 18.9 Å². The van der Waals surface area contributed by atoms with Crippen molar-refractivity contribution in [2.75, 3.05) is 17.3 Å². The summed E-state index contributed by atoms with van der Waals surface area (Å²) in [6.45, 7) is 4.07. The van der Waals surface area contributed by atoms with Crippen LogP contribution in [0.3, 0.4) is 0 Å². The molecule has 1 aliphatic heterocycles. The first-order valence-electron chi connectivity index (χ1n) is 10.4. The van der Waals surface area contributed by atoms with E-state index in [0.717, 1.165) is 22.4 Å². The zero-order valence-corrected chi connectivity index (χ0v) is 19.0. The van der Waals surface area contributed by atoms with Crippen LogP contribution in [-0.2, 0) is 16.0 Å². The SMILES string of the molecule is CCc1ccc(N2C(=O)C(Nc3ccccc3OC)=C(Sc3ccc(C)cc3)C2=O)cc1. The second kappa shape index (κ2) is 9.32. The summed E-state index contributed by atoms with van der Waals surface area (Å²) in [4.78, 5) is 29.4. The Balaban J connectivity index is 1.74. The second-order valence-corrected chi connectivity index (χ2v) is 8.49. The highest BCUT2D eigenvalue weighted by atomic mass is 32.2. The lowest BCUT2D eigenvalue weighted by atomic mass is 10.1. The lowest BCUT2D eigenvalue weighted by Gasteiger charge is -2.16. The van der Waals surface area contributed by atoms with Gasteiger partial charge in [0.2, 0.25) is 0 Å². The summed E-state index contributed by atoms with van der Waals surface area (Å²) >= 11 is 1.28. The second-order valence-electron chi connectivity index (χ2n) is 7.41. The van der Waals surface area contributed by atoms with E-state index in [-0.39, 0.29) is 17.5 Å². The fourth-order valence-corrected chi connectivity index (χ4v) is 4.36. The summed E-state index contributed by atoms with van der Waals surface area (Å²) < 4.78 is 5.42. The standard InChI is InChI=1S/C26H24N2O3S/c1-4-18-11-13-19(14-12-18)28-25(29)23(27-21-7-5-6-8-22(21)31-3)24(26(28)30)32-20-15-9-17(2)10-16-20/h5-16,27H,4H2,1-3H3. The van der Waals surface area contributed by atoms with E-state index in [2.05, 4.69) is 12.2 Å². The van der Waals surface area contributed by atoms with Gasteiger partial charge < -0.3 is 10.1 Å². The molecule has 6 heteroatoms. The predicted octanol–water partition coefficient (Wildman–Crippen LogP) is 5.56. The molecular weight excluding hydrogens is 420 g/mol. The fraction of sp³-hybridized carbons (Fsp3) is 0.154. The molecule has 0 aromatic heterocycles. The molecule has 1 aliphatic rings. The average molecular weight is 445 g/mol. The smallest absolute Gasteiger partial charge is 0.283 e. The third-order valence-corrected chi connectivity index (χ3v) is 6.34. The highest BCUT2D eigenvalue weighted by Crippen LogP contribution is 2.39. The number of hydrogen-bond donors (Lipinski definition) is 1. The Bertz CT molecular complexity index is 1180. The van der Waals surface area contributed by atoms with Crippen LogP contribution >= 0.6 is 11.8 Å². The number of aryl methyl sites for hydroxylation is 2. The molecule has 162 valence electrons. The Kier molecular flexibility index (Phi) is 6.32. The lowest BCUT2D eigenvalue weighted by Crippen LogP contribution is -2.32. The fourth-order valence-electron chi connectivity index (χ4n) is 3.44. The molecule has 0 saturated heterocycles. The first kappa shape index (κ1) is 21.7. The number of para-hydroxylation sites is 2. The van der Waals surface area contributed by atoms with Crippen LogP contribution in [0.2, 0.25) is 0 Å². The minimum atomic E-state index is -0.389. The summed E-state index contributed by atoms with van der Waals surface area (Å²) in [5, 5.41) is 3.17. The van der Waals surface area contributed by atoms with E-state index in [0.29, 0.717) is 22.0 Å². The number of methoxy groups -OCH3 is 1. The van der Waals surface area contributed by atoms with Gasteiger partial charge in [-0.05, 0) is 55.3 Å². The molecular formula is C26H24N2O3S. The first-order chi connectivity index (χ1) is 15.5. The molecule has 2 amide bonds. The molecule has 3 aromatic rings. The molecule has 1 heterocycles. The summed E-state index contributed by atoms with van der Waals surface area (Å²) in [5.74, 6) is -0.146. The number of hydrogen-bond acceptors (Lipinski definition) is 5. The monoisotopic (exact) mass is 444 g/mol. The third-order valence-electron chi connectivity index (χ3n) is 5.25. The van der Waals surface area contributed by atoms with Crippen LogP contribution in [0.4, 0.5) is 11.4 Å². The summed E-state index contributed by atoms with van der Waals surface area (Å²) in [6.07, 6.45) is 0.884. The Morgan fingerprint density at radius 3 is 2.25 bits per heavy atom. The zero-order chi connectivity index (χ0) is 22.7. The van der Waals surface area contributed by atoms with E-state index in [1.807, 2.05) is 73.7 Å². The minimum Gasteiger partial charge on any atom is -0.495 e. The van der Waals surface area contributed by atoms with Gasteiger partial charge in [0.1, 0.15) is 16.4 Å². The molecule has 0 radical (unpaired) electrons. The van der Waals surface area contributed by atoms with Crippen LogP contribution in [0.5, 0.6) is 5.75 Å². The highest BCUT2D eigenvalue weighted by molar-refractivity contribution is 8.04. The number of ether oxygens (including phenoxy) is 1. The third kappa shape index (κ3) is 4.27. The van der Waals surface area contributed by atoms with Gasteiger partial charge in [-0.1, -0.05) is 60.6 Å². The van der Waals surface area contributed by atoms with E-state index in [4.69, 9.17) is 4.74 Å². The number of anilines is 2. The van der Waals surface area contributed by atoms with E-state index in [1.54, 1.807) is 13.2 Å². The molecule has 0 unspecified atom stereocenters. The van der Waals surface area contributed by atoms with Crippen molar-refractivity contribution < 1.29 is 14.3 Å². The van der Waals surface area contributed by atoms with Crippen LogP contribution in [0.1, 0.15) is 18.1 Å². The molecule has 0 aliphatic carbocycles. The van der Waals surface area contributed by atoms with E-state index < -0.39 is 0 Å². The number of benzene rings is 3. The van der Waals surface area contributed by atoms with Gasteiger partial charge in [-0.2, -0.15) is 0 Å². The quantitative estimate of drug-likeness (QED) is 0.484. The van der Waals surface area contributed by atoms with E-state index in [9.17, 15) is 9.59 Å². The molecule has 0 saturated carbocycles. The number of amides is 2. The van der Waals surface area contributed by atoms with Crippen molar-refractivity contribution in [3.05, 3.63) is 94.5 Å². The molecule has 32 heavy (non-hydrogen) atoms. The number of thioether (sulfide) groups is 1. The molecule has 3 aromatic carbocycles. The van der Waals surface area contributed by atoms with Crippen molar-refractivity contribution >= 4 is 35.0 Å². The number of rotatable bonds is 7. The summed E-state index contributed by atoms with van der Waals surface area (Å²) in [6, 6.07) is 22.7. The zero-order valence-electron chi connectivity index (χ0n) is 18.2. The number of carbonyl (C=O) groups is 2. The maximum atomic E-state index is 13.5. The van der Waals surface area contributed by atoms with Crippen molar-refractivity contribution in [1.82, 2.24) is 0 Å². The normalized spacial score (nSPS) is 13.7. The number of carbonyl (C=O) groups excluding carboxylic acids is 2. The number of nitrogens with one attached hydrogen (secondary N) is 1. The molecule has 4 rings (SSSR count). The molecule has 1 N–H and O–H groups in total. The van der Waals surface area contributed by atoms with Crippen LogP contribution in [0.15, 0.2) is 88.3 Å². The number of nitrogens with zero attached hydrogens (tertiary/aromatic N) is 1. The first-order valence-corrected chi connectivity index (χ1v) is 11.2. The van der Waals surface area contributed by atoms with Crippen LogP contribution in [0.25, 0.3) is 0 Å². The van der Waals surface area contributed by atoms with Gasteiger partial charge in [0.05, 0.1) is 18.5 Å². The van der Waals surface area contributed by atoms with Crippen LogP contribution < -0.4 is 15.0 Å². The van der Waals surface area contributed by atoms with Gasteiger partial charge in [0, 0.05) is 4.90 Å². The van der Waals surface area contributed by atoms with Gasteiger partial charge in [-0.3, -0.25) is 9.59 Å². The van der Waals surface area contributed by atoms with Crippen molar-refractivity contribution in [2.24, 2.45) is 0 Å². The highest BCUT2D eigenvalue weighted by Gasteiger charge is 2.40. The summed E-state index contributed by atoms with van der Waals surface area (Å²) in [7, 11) is 1.57. The summed E-state index contributed by atoms with van der Waals surface area (Å²) in [5.41, 5.74) is 3.68. The van der Waals surface area contributed by atoms with Crippen molar-refractivity contribution in [3.8, 4) is 5.75 Å². The topological polar surface area (TPSA) is 58.6 Å². The molecule has 0 atom stereocenters. The average Bonchev–Trinajstić information content (AvgIpc) is 3.05. The van der Waals surface area contributed by atoms with Crippen molar-refractivity contribution in [2.45, 2.75) is 25.2 Å². The van der Waals surface area contributed by atoms with Crippen LogP contribution in [0, 0.1) is 6.92 Å². The Morgan fingerprint density at radius 1 is 0.906 bits per heavy atom. The van der Waals surface area contributed by atoms with Gasteiger partial charge in [0.15, 0.2) is 0 Å². The maximum Gasteiger partial charge on any atom is 0.283 e. The largest absolute Gasteiger partial charge is 0.495 e. The van der Waals surface area contributed by atoms with Gasteiger partial charge in [-0.15, -0.1) is 0 Å². The molecule has 5 nitrogen and oxygen atoms in total. The van der Waals surface area contributed by atoms with E-state index in [1.165, 1.54) is 16.7 Å². The number of imide groups is 1. The van der Waals surface area contributed by atoms with E-state index >= 15 is 0 Å². The Morgan fingerprint density at radius 2 is 1.59 bits per heavy atom. The minimum absolute atomic E-state index is 0.240. The molecule has 0 spiro atoms. The van der Waals surface area contributed by atoms with Gasteiger partial charge in [0.25, 0.3) is 11.8 Å². The van der Waals surface area contributed by atoms with Crippen molar-refractivity contribution in [3.63, 3.8) is 0 Å². The molecule has 0 fully saturated rings. The van der Waals surface area contributed by atoms with Gasteiger partial charge >= 0.3 is 0 Å². The Hall–Kier alpha value is -3.51. The van der Waals surface area contributed by atoms with Crippen molar-refractivity contribution in [1.29, 1.82) is 0 Å². The Labute approximate surface area is 192 Å². The molecule has 0 bridgehead atoms. The van der Waals surface area contributed by atoms with Gasteiger partial charge in [-0.25, -0.2) is 4.90 Å². The maximum absolute atomic E-state index is 13.5. The predicted molar refractivity (Wildman–Crippen MR) is 129 cm³/mol.